The molecule has 0 aliphatic rings. The summed E-state index contributed by atoms with van der Waals surface area (Å²) in [5.74, 6) is 0.489. The number of benzene rings is 2. The molecule has 2 aromatic carbocycles. The second-order valence-corrected chi connectivity index (χ2v) is 11.3. The number of halogens is 1. The number of anilines is 3. The van der Waals surface area contributed by atoms with Crippen molar-refractivity contribution in [1.82, 2.24) is 24.3 Å². The first-order valence-electron chi connectivity index (χ1n) is 13.6. The standard InChI is InChI=1S/C31H33FN8O2/c1-18(2)39-27-20(17-34-29(33-6)37-27)15-24(28(39)41)19-8-7-9-22(14-19)35-30(42)36-26-16-25(31(3,4)5)38-40(26)23-12-10-21(32)11-13-23/h7-18H,1-6H3,(H,33,34,37)(H2,35,36,42). The molecule has 2 amide bonds. The molecule has 11 heteroatoms. The minimum Gasteiger partial charge on any atom is -0.357 e. The number of nitrogens with zero attached hydrogens (tertiary/aromatic N) is 5. The zero-order valence-corrected chi connectivity index (χ0v) is 24.4. The molecular weight excluding hydrogens is 535 g/mol. The van der Waals surface area contributed by atoms with Gasteiger partial charge in [-0.1, -0.05) is 32.9 Å². The van der Waals surface area contributed by atoms with Gasteiger partial charge in [-0.25, -0.2) is 18.9 Å². The number of carbonyl (C=O) groups is 1. The number of amides is 2. The normalized spacial score (nSPS) is 11.6. The summed E-state index contributed by atoms with van der Waals surface area (Å²) in [5, 5.41) is 14.0. The highest BCUT2D eigenvalue weighted by molar-refractivity contribution is 6.00. The van der Waals surface area contributed by atoms with E-state index in [1.165, 1.54) is 12.1 Å². The summed E-state index contributed by atoms with van der Waals surface area (Å²) in [5.41, 5.74) is 3.02. The van der Waals surface area contributed by atoms with Gasteiger partial charge in [-0.3, -0.25) is 14.7 Å². The number of carbonyl (C=O) groups excluding carboxylic acids is 1. The number of hydrogen-bond acceptors (Lipinski definition) is 6. The van der Waals surface area contributed by atoms with Crippen LogP contribution in [0.5, 0.6) is 0 Å². The van der Waals surface area contributed by atoms with Crippen molar-refractivity contribution in [3.8, 4) is 16.8 Å². The molecule has 0 radical (unpaired) electrons. The number of urea groups is 1. The number of aromatic nitrogens is 5. The SMILES string of the molecule is CNc1ncc2cc(-c3cccc(NC(=O)Nc4cc(C(C)(C)C)nn4-c4ccc(F)cc4)c3)c(=O)n(C(C)C)c2n1. The second-order valence-electron chi connectivity index (χ2n) is 11.3. The van der Waals surface area contributed by atoms with E-state index >= 15 is 0 Å². The van der Waals surface area contributed by atoms with Gasteiger partial charge >= 0.3 is 6.03 Å². The molecule has 0 bridgehead atoms. The van der Waals surface area contributed by atoms with Crippen molar-refractivity contribution < 1.29 is 9.18 Å². The molecule has 5 aromatic rings. The summed E-state index contributed by atoms with van der Waals surface area (Å²) < 4.78 is 16.8. The molecule has 42 heavy (non-hydrogen) atoms. The van der Waals surface area contributed by atoms with E-state index in [-0.39, 0.29) is 22.8 Å². The summed E-state index contributed by atoms with van der Waals surface area (Å²) in [4.78, 5) is 35.6. The van der Waals surface area contributed by atoms with Crippen molar-refractivity contribution in [2.75, 3.05) is 23.0 Å². The van der Waals surface area contributed by atoms with Crippen LogP contribution in [0.3, 0.4) is 0 Å². The molecule has 0 saturated carbocycles. The largest absolute Gasteiger partial charge is 0.357 e. The van der Waals surface area contributed by atoms with E-state index in [0.717, 1.165) is 11.1 Å². The Balaban J connectivity index is 1.46. The van der Waals surface area contributed by atoms with Gasteiger partial charge in [0.2, 0.25) is 5.95 Å². The van der Waals surface area contributed by atoms with Gasteiger partial charge in [0.15, 0.2) is 0 Å². The summed E-state index contributed by atoms with van der Waals surface area (Å²) >= 11 is 0. The van der Waals surface area contributed by atoms with Crippen LogP contribution in [-0.4, -0.2) is 37.4 Å². The van der Waals surface area contributed by atoms with Crippen molar-refractivity contribution in [2.45, 2.75) is 46.1 Å². The third-order valence-corrected chi connectivity index (χ3v) is 6.74. The van der Waals surface area contributed by atoms with Crippen LogP contribution in [0, 0.1) is 5.82 Å². The Morgan fingerprint density at radius 2 is 1.74 bits per heavy atom. The first-order valence-corrected chi connectivity index (χ1v) is 13.6. The van der Waals surface area contributed by atoms with Gasteiger partial charge in [-0.2, -0.15) is 10.1 Å². The molecule has 3 heterocycles. The van der Waals surface area contributed by atoms with Crippen LogP contribution >= 0.6 is 0 Å². The van der Waals surface area contributed by atoms with Crippen LogP contribution in [0.1, 0.15) is 46.4 Å². The number of rotatable bonds is 6. The number of fused-ring (bicyclic) bond motifs is 1. The molecule has 10 nitrogen and oxygen atoms in total. The monoisotopic (exact) mass is 568 g/mol. The van der Waals surface area contributed by atoms with Crippen LogP contribution in [0.25, 0.3) is 27.8 Å². The fourth-order valence-electron chi connectivity index (χ4n) is 4.59. The Kier molecular flexibility index (Phi) is 7.51. The Hall–Kier alpha value is -5.06. The van der Waals surface area contributed by atoms with Gasteiger partial charge in [0.05, 0.1) is 11.4 Å². The third kappa shape index (κ3) is 5.71. The van der Waals surface area contributed by atoms with E-state index in [0.29, 0.717) is 39.9 Å². The molecule has 0 fully saturated rings. The van der Waals surface area contributed by atoms with Gasteiger partial charge in [0.25, 0.3) is 5.56 Å². The quantitative estimate of drug-likeness (QED) is 0.220. The van der Waals surface area contributed by atoms with E-state index in [9.17, 15) is 14.0 Å². The minimum atomic E-state index is -0.498. The number of nitrogens with one attached hydrogen (secondary N) is 3. The Morgan fingerprint density at radius 1 is 1.00 bits per heavy atom. The molecule has 0 spiro atoms. The first kappa shape index (κ1) is 28.5. The molecule has 216 valence electrons. The maximum atomic E-state index is 13.6. The van der Waals surface area contributed by atoms with Crippen molar-refractivity contribution in [2.24, 2.45) is 0 Å². The van der Waals surface area contributed by atoms with Gasteiger partial charge in [-0.05, 0) is 61.9 Å². The second kappa shape index (κ2) is 11.1. The molecule has 0 atom stereocenters. The maximum Gasteiger partial charge on any atom is 0.324 e. The Morgan fingerprint density at radius 3 is 2.40 bits per heavy atom. The van der Waals surface area contributed by atoms with Crippen LogP contribution in [0.4, 0.5) is 26.6 Å². The lowest BCUT2D eigenvalue weighted by atomic mass is 9.92. The third-order valence-electron chi connectivity index (χ3n) is 6.74. The zero-order valence-electron chi connectivity index (χ0n) is 24.4. The zero-order chi connectivity index (χ0) is 30.2. The van der Waals surface area contributed by atoms with E-state index in [4.69, 9.17) is 0 Å². The molecule has 5 rings (SSSR count). The van der Waals surface area contributed by atoms with Crippen LogP contribution < -0.4 is 21.5 Å². The molecule has 3 aromatic heterocycles. The lowest BCUT2D eigenvalue weighted by molar-refractivity contribution is 0.262. The van der Waals surface area contributed by atoms with Gasteiger partial charge in [-0.15, -0.1) is 0 Å². The van der Waals surface area contributed by atoms with E-state index in [1.54, 1.807) is 65.0 Å². The van der Waals surface area contributed by atoms with E-state index in [1.807, 2.05) is 40.7 Å². The summed E-state index contributed by atoms with van der Waals surface area (Å²) in [6, 6.07) is 15.9. The lowest BCUT2D eigenvalue weighted by Gasteiger charge is -2.16. The van der Waals surface area contributed by atoms with Gasteiger partial charge in [0, 0.05) is 47.4 Å². The fourth-order valence-corrected chi connectivity index (χ4v) is 4.59. The molecular formula is C31H33FN8O2. The average molecular weight is 569 g/mol. The van der Waals surface area contributed by atoms with E-state index in [2.05, 4.69) is 31.0 Å². The highest BCUT2D eigenvalue weighted by Gasteiger charge is 2.22. The first-order chi connectivity index (χ1) is 19.9. The van der Waals surface area contributed by atoms with Crippen LogP contribution in [0.15, 0.2) is 71.7 Å². The Labute approximate surface area is 242 Å². The lowest BCUT2D eigenvalue weighted by Crippen LogP contribution is -2.25. The molecule has 0 aliphatic heterocycles. The molecule has 0 aliphatic carbocycles. The van der Waals surface area contributed by atoms with Gasteiger partial charge < -0.3 is 10.6 Å². The predicted molar refractivity (Wildman–Crippen MR) is 164 cm³/mol. The summed E-state index contributed by atoms with van der Waals surface area (Å²) in [7, 11) is 1.72. The number of hydrogen-bond donors (Lipinski definition) is 3. The fraction of sp³-hybridized carbons (Fsp3) is 0.258. The number of pyridine rings is 1. The molecule has 0 unspecified atom stereocenters. The highest BCUT2D eigenvalue weighted by Crippen LogP contribution is 2.28. The van der Waals surface area contributed by atoms with Crippen molar-refractivity contribution >= 4 is 34.5 Å². The smallest absolute Gasteiger partial charge is 0.324 e. The van der Waals surface area contributed by atoms with E-state index < -0.39 is 6.03 Å². The average Bonchev–Trinajstić information content (AvgIpc) is 3.37. The van der Waals surface area contributed by atoms with Gasteiger partial charge in [0.1, 0.15) is 17.3 Å². The maximum absolute atomic E-state index is 13.6. The summed E-state index contributed by atoms with van der Waals surface area (Å²) in [6.45, 7) is 9.91. The van der Waals surface area contributed by atoms with Crippen LogP contribution in [-0.2, 0) is 5.41 Å². The Bertz CT molecular complexity index is 1840. The predicted octanol–water partition coefficient (Wildman–Crippen LogP) is 6.35. The minimum absolute atomic E-state index is 0.143. The van der Waals surface area contributed by atoms with Crippen molar-refractivity contribution in [3.63, 3.8) is 0 Å². The van der Waals surface area contributed by atoms with Crippen molar-refractivity contribution in [1.29, 1.82) is 0 Å². The van der Waals surface area contributed by atoms with Crippen molar-refractivity contribution in [3.05, 3.63) is 88.7 Å². The van der Waals surface area contributed by atoms with Crippen LogP contribution in [0.2, 0.25) is 0 Å². The highest BCUT2D eigenvalue weighted by atomic mass is 19.1. The molecule has 3 N–H and O–H groups in total. The topological polar surface area (TPSA) is 119 Å². The summed E-state index contributed by atoms with van der Waals surface area (Å²) in [6.07, 6.45) is 1.68. The molecule has 0 saturated heterocycles.